The van der Waals surface area contributed by atoms with Crippen LogP contribution in [-0.4, -0.2) is 18.3 Å². The molecule has 0 amide bonds. The number of ether oxygens (including phenoxy) is 1. The van der Waals surface area contributed by atoms with Crippen molar-refractivity contribution in [2.75, 3.05) is 13.2 Å². The molecule has 2 N–H and O–H groups in total. The highest BCUT2D eigenvalue weighted by Gasteiger charge is 2.10. The third kappa shape index (κ3) is 4.06. The molecule has 0 saturated carbocycles. The normalized spacial score (nSPS) is 12.3. The van der Waals surface area contributed by atoms with E-state index in [0.717, 1.165) is 17.9 Å². The van der Waals surface area contributed by atoms with Crippen molar-refractivity contribution >= 4 is 11.3 Å². The lowest BCUT2D eigenvalue weighted by molar-refractivity contribution is 0.243. The Labute approximate surface area is 117 Å². The molecule has 2 rings (SSSR count). The molecule has 0 spiro atoms. The van der Waals surface area contributed by atoms with Gasteiger partial charge in [0.25, 0.3) is 0 Å². The van der Waals surface area contributed by atoms with Crippen molar-refractivity contribution in [2.24, 2.45) is 0 Å². The van der Waals surface area contributed by atoms with Gasteiger partial charge in [-0.05, 0) is 36.1 Å². The fourth-order valence-corrected chi connectivity index (χ4v) is 2.57. The van der Waals surface area contributed by atoms with Crippen LogP contribution in [0.4, 0.5) is 0 Å². The van der Waals surface area contributed by atoms with Crippen LogP contribution >= 0.6 is 11.3 Å². The summed E-state index contributed by atoms with van der Waals surface area (Å²) >= 11 is 1.71. The van der Waals surface area contributed by atoms with E-state index >= 15 is 0 Å². The van der Waals surface area contributed by atoms with Crippen LogP contribution in [0.3, 0.4) is 0 Å². The van der Waals surface area contributed by atoms with Gasteiger partial charge in [-0.3, -0.25) is 0 Å². The average Bonchev–Trinajstić information content (AvgIpc) is 2.94. The predicted molar refractivity (Wildman–Crippen MR) is 78.6 cm³/mol. The third-order valence-electron chi connectivity index (χ3n) is 2.86. The zero-order valence-electron chi connectivity index (χ0n) is 11.0. The molecule has 0 aliphatic heterocycles. The Morgan fingerprint density at radius 2 is 2.21 bits per heavy atom. The van der Waals surface area contributed by atoms with E-state index in [0.29, 0.717) is 6.61 Å². The van der Waals surface area contributed by atoms with Crippen LogP contribution in [0, 0.1) is 0 Å². The summed E-state index contributed by atoms with van der Waals surface area (Å²) in [4.78, 5) is 1.26. The van der Waals surface area contributed by atoms with Crippen LogP contribution in [0.15, 0.2) is 41.8 Å². The Hall–Kier alpha value is -1.36. The Morgan fingerprint density at radius 3 is 2.89 bits per heavy atom. The summed E-state index contributed by atoms with van der Waals surface area (Å²) in [5.74, 6) is 0.844. The van der Waals surface area contributed by atoms with Crippen molar-refractivity contribution in [3.05, 3.63) is 52.2 Å². The minimum atomic E-state index is -0.0671. The molecule has 1 unspecified atom stereocenters. The van der Waals surface area contributed by atoms with E-state index in [1.807, 2.05) is 37.3 Å². The number of nitrogens with one attached hydrogen (secondary N) is 1. The highest BCUT2D eigenvalue weighted by molar-refractivity contribution is 7.09. The smallest absolute Gasteiger partial charge is 0.119 e. The quantitative estimate of drug-likeness (QED) is 0.817. The predicted octanol–water partition coefficient (Wildman–Crippen LogP) is 2.97. The minimum absolute atomic E-state index is 0.0671. The molecule has 0 saturated heterocycles. The number of rotatable bonds is 7. The van der Waals surface area contributed by atoms with Crippen LogP contribution in [0.25, 0.3) is 0 Å². The zero-order chi connectivity index (χ0) is 13.5. The lowest BCUT2D eigenvalue weighted by Gasteiger charge is -2.17. The fraction of sp³-hybridized carbons (Fsp3) is 0.333. The first kappa shape index (κ1) is 14.1. The summed E-state index contributed by atoms with van der Waals surface area (Å²) < 4.78 is 5.48. The average molecular weight is 277 g/mol. The molecule has 3 nitrogen and oxygen atoms in total. The van der Waals surface area contributed by atoms with Crippen molar-refractivity contribution in [1.29, 1.82) is 0 Å². The molecular formula is C15H19NO2S. The fourth-order valence-electron chi connectivity index (χ4n) is 1.91. The lowest BCUT2D eigenvalue weighted by atomic mass is 10.1. The molecule has 4 heteroatoms. The largest absolute Gasteiger partial charge is 0.494 e. The molecule has 19 heavy (non-hydrogen) atoms. The van der Waals surface area contributed by atoms with Crippen molar-refractivity contribution in [1.82, 2.24) is 5.32 Å². The van der Waals surface area contributed by atoms with Crippen LogP contribution in [0.5, 0.6) is 5.75 Å². The van der Waals surface area contributed by atoms with Gasteiger partial charge in [0.1, 0.15) is 5.75 Å². The SMILES string of the molecule is CCOc1cccc(C(CO)NCc2cccs2)c1. The van der Waals surface area contributed by atoms with E-state index in [-0.39, 0.29) is 12.6 Å². The molecule has 0 fully saturated rings. The summed E-state index contributed by atoms with van der Waals surface area (Å²) in [6, 6.07) is 11.9. The van der Waals surface area contributed by atoms with E-state index in [4.69, 9.17) is 4.74 Å². The molecule has 0 radical (unpaired) electrons. The number of hydrogen-bond acceptors (Lipinski definition) is 4. The molecule has 1 aromatic heterocycles. The molecule has 102 valence electrons. The first-order valence-corrected chi connectivity index (χ1v) is 7.31. The van der Waals surface area contributed by atoms with Crippen molar-refractivity contribution in [2.45, 2.75) is 19.5 Å². The maximum atomic E-state index is 9.53. The summed E-state index contributed by atoms with van der Waals surface area (Å²) in [5, 5.41) is 14.9. The maximum absolute atomic E-state index is 9.53. The second kappa shape index (κ2) is 7.28. The summed E-state index contributed by atoms with van der Waals surface area (Å²) in [6.45, 7) is 3.45. The van der Waals surface area contributed by atoms with Crippen LogP contribution in [0.1, 0.15) is 23.4 Å². The standard InChI is InChI=1S/C15H19NO2S/c1-2-18-13-6-3-5-12(9-13)15(11-17)16-10-14-7-4-8-19-14/h3-9,15-17H,2,10-11H2,1H3. The summed E-state index contributed by atoms with van der Waals surface area (Å²) in [7, 11) is 0. The van der Waals surface area contributed by atoms with Gasteiger partial charge < -0.3 is 15.2 Å². The first-order valence-electron chi connectivity index (χ1n) is 6.43. The van der Waals surface area contributed by atoms with Gasteiger partial charge in [-0.2, -0.15) is 0 Å². The molecule has 0 aliphatic carbocycles. The minimum Gasteiger partial charge on any atom is -0.494 e. The Balaban J connectivity index is 2.01. The van der Waals surface area contributed by atoms with Crippen LogP contribution < -0.4 is 10.1 Å². The van der Waals surface area contributed by atoms with E-state index in [1.54, 1.807) is 11.3 Å². The summed E-state index contributed by atoms with van der Waals surface area (Å²) in [5.41, 5.74) is 1.05. The van der Waals surface area contributed by atoms with Crippen molar-refractivity contribution in [3.63, 3.8) is 0 Å². The topological polar surface area (TPSA) is 41.5 Å². The van der Waals surface area contributed by atoms with E-state index < -0.39 is 0 Å². The molecule has 1 atom stereocenters. The molecule has 0 bridgehead atoms. The number of thiophene rings is 1. The van der Waals surface area contributed by atoms with Gasteiger partial charge >= 0.3 is 0 Å². The monoisotopic (exact) mass is 277 g/mol. The van der Waals surface area contributed by atoms with Gasteiger partial charge in [0, 0.05) is 11.4 Å². The van der Waals surface area contributed by atoms with Gasteiger partial charge in [-0.25, -0.2) is 0 Å². The van der Waals surface area contributed by atoms with Crippen molar-refractivity contribution in [3.8, 4) is 5.75 Å². The van der Waals surface area contributed by atoms with E-state index in [9.17, 15) is 5.11 Å². The van der Waals surface area contributed by atoms with Crippen LogP contribution in [-0.2, 0) is 6.54 Å². The second-order valence-corrected chi connectivity index (χ2v) is 5.23. The molecule has 1 aromatic carbocycles. The molecular weight excluding hydrogens is 258 g/mol. The third-order valence-corrected chi connectivity index (χ3v) is 3.73. The van der Waals surface area contributed by atoms with Crippen molar-refractivity contribution < 1.29 is 9.84 Å². The van der Waals surface area contributed by atoms with Crippen LogP contribution in [0.2, 0.25) is 0 Å². The van der Waals surface area contributed by atoms with E-state index in [1.165, 1.54) is 4.88 Å². The molecule has 2 aromatic rings. The highest BCUT2D eigenvalue weighted by atomic mass is 32.1. The lowest BCUT2D eigenvalue weighted by Crippen LogP contribution is -2.23. The Morgan fingerprint density at radius 1 is 1.32 bits per heavy atom. The Kier molecular flexibility index (Phi) is 5.39. The second-order valence-electron chi connectivity index (χ2n) is 4.20. The van der Waals surface area contributed by atoms with Gasteiger partial charge in [-0.15, -0.1) is 11.3 Å². The molecule has 1 heterocycles. The van der Waals surface area contributed by atoms with E-state index in [2.05, 4.69) is 16.8 Å². The maximum Gasteiger partial charge on any atom is 0.119 e. The zero-order valence-corrected chi connectivity index (χ0v) is 11.8. The number of aliphatic hydroxyl groups is 1. The van der Waals surface area contributed by atoms with Gasteiger partial charge in [0.2, 0.25) is 0 Å². The van der Waals surface area contributed by atoms with Gasteiger partial charge in [0.05, 0.1) is 19.3 Å². The van der Waals surface area contributed by atoms with Gasteiger partial charge in [-0.1, -0.05) is 18.2 Å². The Bertz CT molecular complexity index is 485. The number of aliphatic hydroxyl groups excluding tert-OH is 1. The highest BCUT2D eigenvalue weighted by Crippen LogP contribution is 2.20. The summed E-state index contributed by atoms with van der Waals surface area (Å²) in [6.07, 6.45) is 0. The van der Waals surface area contributed by atoms with Gasteiger partial charge in [0.15, 0.2) is 0 Å². The molecule has 0 aliphatic rings. The first-order chi connectivity index (χ1) is 9.33. The number of hydrogen-bond donors (Lipinski definition) is 2. The number of benzene rings is 1.